The Morgan fingerprint density at radius 3 is 2.70 bits per heavy atom. The van der Waals surface area contributed by atoms with Crippen LogP contribution in [-0.2, 0) is 11.2 Å². The Labute approximate surface area is 182 Å². The molecule has 0 aromatic heterocycles. The summed E-state index contributed by atoms with van der Waals surface area (Å²) in [7, 11) is 0. The fourth-order valence-electron chi connectivity index (χ4n) is 3.38. The first-order chi connectivity index (χ1) is 12.6. The fourth-order valence-corrected chi connectivity index (χ4v) is 3.38. The van der Waals surface area contributed by atoms with Gasteiger partial charge in [-0.25, -0.2) is 0 Å². The molecule has 0 radical (unpaired) electrons. The van der Waals surface area contributed by atoms with E-state index < -0.39 is 0 Å². The van der Waals surface area contributed by atoms with Crippen LogP contribution in [0.25, 0.3) is 0 Å². The van der Waals surface area contributed by atoms with Crippen LogP contribution in [0.1, 0.15) is 39.7 Å². The smallest absolute Gasteiger partial charge is 0.191 e. The van der Waals surface area contributed by atoms with Crippen LogP contribution < -0.4 is 10.6 Å². The maximum absolute atomic E-state index is 5.54. The van der Waals surface area contributed by atoms with Crippen LogP contribution in [0.3, 0.4) is 0 Å². The van der Waals surface area contributed by atoms with Gasteiger partial charge in [-0.1, -0.05) is 30.3 Å². The van der Waals surface area contributed by atoms with Gasteiger partial charge in [0.25, 0.3) is 0 Å². The van der Waals surface area contributed by atoms with Crippen molar-refractivity contribution >= 4 is 29.9 Å². The molecule has 0 amide bonds. The zero-order valence-electron chi connectivity index (χ0n) is 17.3. The summed E-state index contributed by atoms with van der Waals surface area (Å²) >= 11 is 0. The van der Waals surface area contributed by atoms with Crippen LogP contribution in [0.4, 0.5) is 0 Å². The highest BCUT2D eigenvalue weighted by molar-refractivity contribution is 14.0. The third-order valence-electron chi connectivity index (χ3n) is 4.94. The molecule has 1 aromatic carbocycles. The molecular weight excluding hydrogens is 451 g/mol. The van der Waals surface area contributed by atoms with Crippen molar-refractivity contribution in [3.63, 3.8) is 0 Å². The van der Waals surface area contributed by atoms with Gasteiger partial charge >= 0.3 is 0 Å². The van der Waals surface area contributed by atoms with Crippen molar-refractivity contribution in [2.45, 2.75) is 58.7 Å². The monoisotopic (exact) mass is 488 g/mol. The van der Waals surface area contributed by atoms with Crippen molar-refractivity contribution < 1.29 is 4.74 Å². The standard InChI is InChI=1S/C21H36N4O.HI/c1-5-22-21(23-15-18(3)25-13-14-26-16-19(25)4)24-17(2)11-12-20-9-7-6-8-10-20;/h6-10,17-19H,5,11-16H2,1-4H3,(H2,22,23,24);1H. The van der Waals surface area contributed by atoms with E-state index in [-0.39, 0.29) is 24.0 Å². The molecule has 2 rings (SSSR count). The third kappa shape index (κ3) is 8.79. The molecule has 0 saturated carbocycles. The van der Waals surface area contributed by atoms with Gasteiger partial charge < -0.3 is 15.4 Å². The molecule has 1 aromatic rings. The highest BCUT2D eigenvalue weighted by Gasteiger charge is 2.23. The Balaban J connectivity index is 0.00000364. The highest BCUT2D eigenvalue weighted by atomic mass is 127. The topological polar surface area (TPSA) is 48.9 Å². The van der Waals surface area contributed by atoms with Crippen LogP contribution in [-0.4, -0.2) is 61.8 Å². The van der Waals surface area contributed by atoms with Gasteiger partial charge in [0.1, 0.15) is 0 Å². The van der Waals surface area contributed by atoms with Crippen molar-refractivity contribution in [2.75, 3.05) is 32.8 Å². The molecule has 27 heavy (non-hydrogen) atoms. The molecule has 1 fully saturated rings. The zero-order valence-corrected chi connectivity index (χ0v) is 19.6. The SMILES string of the molecule is CCNC(=NCC(C)N1CCOCC1C)NC(C)CCc1ccccc1.I. The minimum absolute atomic E-state index is 0. The summed E-state index contributed by atoms with van der Waals surface area (Å²) in [5.74, 6) is 0.917. The Kier molecular flexibility index (Phi) is 11.9. The number of nitrogens with one attached hydrogen (secondary N) is 2. The quantitative estimate of drug-likeness (QED) is 0.335. The van der Waals surface area contributed by atoms with Gasteiger partial charge in [0, 0.05) is 31.2 Å². The van der Waals surface area contributed by atoms with E-state index in [2.05, 4.69) is 73.6 Å². The van der Waals surface area contributed by atoms with Crippen molar-refractivity contribution in [1.82, 2.24) is 15.5 Å². The van der Waals surface area contributed by atoms with Crippen molar-refractivity contribution in [2.24, 2.45) is 4.99 Å². The second kappa shape index (κ2) is 13.3. The highest BCUT2D eigenvalue weighted by Crippen LogP contribution is 2.11. The van der Waals surface area contributed by atoms with Gasteiger partial charge in [-0.05, 0) is 46.1 Å². The number of hydrogen-bond acceptors (Lipinski definition) is 3. The lowest BCUT2D eigenvalue weighted by molar-refractivity contribution is -0.0165. The second-order valence-electron chi connectivity index (χ2n) is 7.30. The summed E-state index contributed by atoms with van der Waals surface area (Å²) in [5, 5.41) is 6.93. The molecule has 154 valence electrons. The Hall–Kier alpha value is -0.860. The summed E-state index contributed by atoms with van der Waals surface area (Å²) in [5.41, 5.74) is 1.39. The van der Waals surface area contributed by atoms with E-state index in [1.807, 2.05) is 0 Å². The average Bonchev–Trinajstić information content (AvgIpc) is 2.65. The predicted octanol–water partition coefficient (Wildman–Crippen LogP) is 3.29. The molecular formula is C21H37IN4O. The minimum Gasteiger partial charge on any atom is -0.379 e. The summed E-state index contributed by atoms with van der Waals surface area (Å²) in [6, 6.07) is 11.9. The number of nitrogens with zero attached hydrogens (tertiary/aromatic N) is 2. The first kappa shape index (κ1) is 24.2. The largest absolute Gasteiger partial charge is 0.379 e. The van der Waals surface area contributed by atoms with Gasteiger partial charge in [-0.2, -0.15) is 0 Å². The fraction of sp³-hybridized carbons (Fsp3) is 0.667. The van der Waals surface area contributed by atoms with Crippen molar-refractivity contribution in [1.29, 1.82) is 0 Å². The Morgan fingerprint density at radius 1 is 1.30 bits per heavy atom. The molecule has 2 N–H and O–H groups in total. The molecule has 3 atom stereocenters. The lowest BCUT2D eigenvalue weighted by Gasteiger charge is -2.37. The number of guanidine groups is 1. The van der Waals surface area contributed by atoms with Crippen LogP contribution in [0.2, 0.25) is 0 Å². The Bertz CT molecular complexity index is 540. The summed E-state index contributed by atoms with van der Waals surface area (Å²) < 4.78 is 5.54. The van der Waals surface area contributed by atoms with E-state index in [0.717, 1.165) is 51.6 Å². The van der Waals surface area contributed by atoms with Crippen LogP contribution in [0.15, 0.2) is 35.3 Å². The molecule has 5 nitrogen and oxygen atoms in total. The molecule has 3 unspecified atom stereocenters. The number of rotatable bonds is 8. The van der Waals surface area contributed by atoms with Crippen molar-refractivity contribution in [3.05, 3.63) is 35.9 Å². The lowest BCUT2D eigenvalue weighted by atomic mass is 10.1. The number of morpholine rings is 1. The van der Waals surface area contributed by atoms with E-state index >= 15 is 0 Å². The first-order valence-corrected chi connectivity index (χ1v) is 10.0. The normalized spacial score (nSPS) is 20.4. The van der Waals surface area contributed by atoms with Gasteiger partial charge in [-0.15, -0.1) is 24.0 Å². The minimum atomic E-state index is 0. The number of halogens is 1. The zero-order chi connectivity index (χ0) is 18.8. The molecule has 0 bridgehead atoms. The lowest BCUT2D eigenvalue weighted by Crippen LogP contribution is -2.50. The van der Waals surface area contributed by atoms with Crippen LogP contribution >= 0.6 is 24.0 Å². The molecule has 0 aliphatic carbocycles. The van der Waals surface area contributed by atoms with E-state index in [1.165, 1.54) is 5.56 Å². The van der Waals surface area contributed by atoms with E-state index in [9.17, 15) is 0 Å². The number of ether oxygens (including phenoxy) is 1. The number of hydrogen-bond donors (Lipinski definition) is 2. The molecule has 1 aliphatic heterocycles. The van der Waals surface area contributed by atoms with Gasteiger partial charge in [0.05, 0.1) is 19.8 Å². The van der Waals surface area contributed by atoms with E-state index in [1.54, 1.807) is 0 Å². The average molecular weight is 488 g/mol. The van der Waals surface area contributed by atoms with Gasteiger partial charge in [0.15, 0.2) is 5.96 Å². The number of benzene rings is 1. The maximum atomic E-state index is 5.54. The van der Waals surface area contributed by atoms with Crippen molar-refractivity contribution in [3.8, 4) is 0 Å². The number of aryl methyl sites for hydroxylation is 1. The molecule has 1 aliphatic rings. The second-order valence-corrected chi connectivity index (χ2v) is 7.30. The molecule has 0 spiro atoms. The first-order valence-electron chi connectivity index (χ1n) is 10.0. The summed E-state index contributed by atoms with van der Waals surface area (Å²) in [4.78, 5) is 7.33. The third-order valence-corrected chi connectivity index (χ3v) is 4.94. The van der Waals surface area contributed by atoms with Crippen LogP contribution in [0.5, 0.6) is 0 Å². The Morgan fingerprint density at radius 2 is 2.04 bits per heavy atom. The molecule has 1 saturated heterocycles. The van der Waals surface area contributed by atoms with E-state index in [0.29, 0.717) is 18.1 Å². The summed E-state index contributed by atoms with van der Waals surface area (Å²) in [6.07, 6.45) is 2.17. The van der Waals surface area contributed by atoms with Crippen LogP contribution in [0, 0.1) is 0 Å². The van der Waals surface area contributed by atoms with E-state index in [4.69, 9.17) is 9.73 Å². The molecule has 6 heteroatoms. The van der Waals surface area contributed by atoms with Gasteiger partial charge in [0.2, 0.25) is 0 Å². The summed E-state index contributed by atoms with van der Waals surface area (Å²) in [6.45, 7) is 13.1. The maximum Gasteiger partial charge on any atom is 0.191 e. The number of aliphatic imine (C=N–C) groups is 1. The molecule has 1 heterocycles. The van der Waals surface area contributed by atoms with Gasteiger partial charge in [-0.3, -0.25) is 9.89 Å². The predicted molar refractivity (Wildman–Crippen MR) is 125 cm³/mol.